The first-order valence-electron chi connectivity index (χ1n) is 6.38. The van der Waals surface area contributed by atoms with Crippen molar-refractivity contribution in [3.05, 3.63) is 28.2 Å². The van der Waals surface area contributed by atoms with Crippen LogP contribution in [-0.2, 0) is 0 Å². The van der Waals surface area contributed by atoms with Gasteiger partial charge < -0.3 is 15.3 Å². The molecule has 0 amide bonds. The number of carbonyl (C=O) groups is 1. The number of aromatic carboxylic acids is 1. The summed E-state index contributed by atoms with van der Waals surface area (Å²) in [5.74, 6) is -0.908. The van der Waals surface area contributed by atoms with Crippen LogP contribution < -0.4 is 5.32 Å². The van der Waals surface area contributed by atoms with Gasteiger partial charge in [0.05, 0.1) is 5.56 Å². The first kappa shape index (κ1) is 16.0. The highest BCUT2D eigenvalue weighted by Gasteiger charge is 2.10. The van der Waals surface area contributed by atoms with E-state index in [4.69, 9.17) is 5.11 Å². The maximum Gasteiger partial charge on any atom is 0.337 e. The monoisotopic (exact) mass is 328 g/mol. The van der Waals surface area contributed by atoms with E-state index >= 15 is 0 Å². The number of halogens is 1. The van der Waals surface area contributed by atoms with Gasteiger partial charge in [-0.25, -0.2) is 4.79 Å². The zero-order valence-electron chi connectivity index (χ0n) is 11.6. The molecule has 106 valence electrons. The van der Waals surface area contributed by atoms with Crippen molar-refractivity contribution in [2.75, 3.05) is 25.5 Å². The van der Waals surface area contributed by atoms with Gasteiger partial charge in [-0.3, -0.25) is 0 Å². The topological polar surface area (TPSA) is 52.6 Å². The maximum absolute atomic E-state index is 11.1. The zero-order valence-corrected chi connectivity index (χ0v) is 13.2. The van der Waals surface area contributed by atoms with Gasteiger partial charge >= 0.3 is 5.97 Å². The number of carboxylic acids is 1. The number of anilines is 1. The van der Waals surface area contributed by atoms with Crippen LogP contribution in [0.4, 0.5) is 5.69 Å². The van der Waals surface area contributed by atoms with Crippen molar-refractivity contribution in [2.45, 2.75) is 26.3 Å². The van der Waals surface area contributed by atoms with Crippen LogP contribution in [0, 0.1) is 0 Å². The third-order valence-corrected chi connectivity index (χ3v) is 3.59. The second kappa shape index (κ2) is 7.50. The molecule has 1 aromatic rings. The summed E-state index contributed by atoms with van der Waals surface area (Å²) >= 11 is 3.36. The van der Waals surface area contributed by atoms with Crippen molar-refractivity contribution in [2.24, 2.45) is 0 Å². The van der Waals surface area contributed by atoms with Crippen molar-refractivity contribution < 1.29 is 9.90 Å². The Morgan fingerprint density at radius 2 is 2.16 bits per heavy atom. The molecule has 0 spiro atoms. The number of hydrogen-bond donors (Lipinski definition) is 2. The summed E-state index contributed by atoms with van der Waals surface area (Å²) in [5, 5.41) is 12.3. The number of carboxylic acid groups (broad SMARTS) is 1. The molecule has 0 aliphatic carbocycles. The van der Waals surface area contributed by atoms with Gasteiger partial charge in [0.2, 0.25) is 0 Å². The molecule has 0 unspecified atom stereocenters. The van der Waals surface area contributed by atoms with Gasteiger partial charge in [0.15, 0.2) is 0 Å². The average Bonchev–Trinajstić information content (AvgIpc) is 2.33. The van der Waals surface area contributed by atoms with Crippen molar-refractivity contribution in [1.29, 1.82) is 0 Å². The first-order chi connectivity index (χ1) is 8.91. The van der Waals surface area contributed by atoms with Gasteiger partial charge in [-0.1, -0.05) is 15.9 Å². The molecule has 5 heteroatoms. The van der Waals surface area contributed by atoms with Crippen LogP contribution >= 0.6 is 15.9 Å². The Morgan fingerprint density at radius 1 is 1.47 bits per heavy atom. The molecule has 2 N–H and O–H groups in total. The van der Waals surface area contributed by atoms with E-state index < -0.39 is 5.97 Å². The minimum Gasteiger partial charge on any atom is -0.478 e. The zero-order chi connectivity index (χ0) is 14.4. The fourth-order valence-corrected chi connectivity index (χ4v) is 2.02. The summed E-state index contributed by atoms with van der Waals surface area (Å²) in [6, 6.07) is 5.67. The maximum atomic E-state index is 11.1. The fraction of sp³-hybridized carbons (Fsp3) is 0.500. The molecule has 1 rings (SSSR count). The molecule has 0 saturated carbocycles. The molecule has 0 fully saturated rings. The summed E-state index contributed by atoms with van der Waals surface area (Å²) in [7, 11) is 2.09. The third kappa shape index (κ3) is 5.20. The molecule has 0 radical (unpaired) electrons. The molecule has 0 aromatic heterocycles. The predicted octanol–water partition coefficient (Wildman–Crippen LogP) is 3.29. The number of nitrogens with one attached hydrogen (secondary N) is 1. The molecule has 0 aliphatic rings. The lowest BCUT2D eigenvalue weighted by atomic mass is 10.2. The standard InChI is InChI=1S/C14H21BrN2O2/c1-10(2)17(3)8-4-7-16-13-9-11(15)5-6-12(13)14(18)19/h5-6,9-10,16H,4,7-8H2,1-3H3,(H,18,19). The second-order valence-corrected chi connectivity index (χ2v) is 5.77. The normalized spacial score (nSPS) is 11.1. The predicted molar refractivity (Wildman–Crippen MR) is 82.0 cm³/mol. The highest BCUT2D eigenvalue weighted by Crippen LogP contribution is 2.21. The molecule has 19 heavy (non-hydrogen) atoms. The van der Waals surface area contributed by atoms with E-state index in [1.54, 1.807) is 18.2 Å². The minimum absolute atomic E-state index is 0.306. The summed E-state index contributed by atoms with van der Waals surface area (Å²) < 4.78 is 0.874. The number of rotatable bonds is 7. The lowest BCUT2D eigenvalue weighted by molar-refractivity contribution is 0.0698. The Bertz CT molecular complexity index is 435. The van der Waals surface area contributed by atoms with Crippen LogP contribution in [0.1, 0.15) is 30.6 Å². The molecule has 4 nitrogen and oxygen atoms in total. The molecule has 0 aliphatic heterocycles. The van der Waals surface area contributed by atoms with Crippen molar-refractivity contribution >= 4 is 27.6 Å². The highest BCUT2D eigenvalue weighted by atomic mass is 79.9. The Hall–Kier alpha value is -1.07. The van der Waals surface area contributed by atoms with Crippen LogP contribution in [0.15, 0.2) is 22.7 Å². The Morgan fingerprint density at radius 3 is 2.74 bits per heavy atom. The van der Waals surface area contributed by atoms with Crippen LogP contribution in [0.5, 0.6) is 0 Å². The van der Waals surface area contributed by atoms with Crippen molar-refractivity contribution in [3.63, 3.8) is 0 Å². The van der Waals surface area contributed by atoms with E-state index in [9.17, 15) is 4.79 Å². The van der Waals surface area contributed by atoms with Gasteiger partial charge in [-0.2, -0.15) is 0 Å². The molecular weight excluding hydrogens is 308 g/mol. The number of nitrogens with zero attached hydrogens (tertiary/aromatic N) is 1. The quantitative estimate of drug-likeness (QED) is 0.754. The van der Waals surface area contributed by atoms with Crippen LogP contribution in [0.2, 0.25) is 0 Å². The number of benzene rings is 1. The van der Waals surface area contributed by atoms with E-state index in [2.05, 4.69) is 47.0 Å². The van der Waals surface area contributed by atoms with E-state index in [1.807, 2.05) is 0 Å². The lowest BCUT2D eigenvalue weighted by Gasteiger charge is -2.21. The fourth-order valence-electron chi connectivity index (χ4n) is 1.66. The van der Waals surface area contributed by atoms with Crippen molar-refractivity contribution in [1.82, 2.24) is 4.90 Å². The third-order valence-electron chi connectivity index (χ3n) is 3.10. The van der Waals surface area contributed by atoms with Crippen LogP contribution in [0.3, 0.4) is 0 Å². The SMILES string of the molecule is CC(C)N(C)CCCNc1cc(Br)ccc1C(=O)O. The van der Waals surface area contributed by atoms with Gasteiger partial charge in [0.1, 0.15) is 0 Å². The second-order valence-electron chi connectivity index (χ2n) is 4.85. The first-order valence-corrected chi connectivity index (χ1v) is 7.18. The Balaban J connectivity index is 2.53. The number of hydrogen-bond acceptors (Lipinski definition) is 3. The van der Waals surface area contributed by atoms with E-state index in [0.717, 1.165) is 24.0 Å². The largest absolute Gasteiger partial charge is 0.478 e. The molecule has 0 saturated heterocycles. The molecular formula is C14H21BrN2O2. The lowest BCUT2D eigenvalue weighted by Crippen LogP contribution is -2.28. The summed E-state index contributed by atoms with van der Waals surface area (Å²) in [6.45, 7) is 6.06. The smallest absolute Gasteiger partial charge is 0.337 e. The van der Waals surface area contributed by atoms with E-state index in [-0.39, 0.29) is 0 Å². The van der Waals surface area contributed by atoms with Crippen LogP contribution in [0.25, 0.3) is 0 Å². The summed E-state index contributed by atoms with van der Waals surface area (Å²) in [5.41, 5.74) is 0.967. The van der Waals surface area contributed by atoms with Gasteiger partial charge in [0.25, 0.3) is 0 Å². The molecule has 0 heterocycles. The Kier molecular flexibility index (Phi) is 6.31. The molecule has 0 bridgehead atoms. The van der Waals surface area contributed by atoms with Gasteiger partial charge in [0, 0.05) is 22.7 Å². The minimum atomic E-state index is -0.908. The van der Waals surface area contributed by atoms with E-state index in [1.165, 1.54) is 0 Å². The van der Waals surface area contributed by atoms with Crippen LogP contribution in [-0.4, -0.2) is 42.2 Å². The molecule has 0 atom stereocenters. The Labute approximate surface area is 122 Å². The van der Waals surface area contributed by atoms with Gasteiger partial charge in [-0.15, -0.1) is 0 Å². The van der Waals surface area contributed by atoms with E-state index in [0.29, 0.717) is 17.3 Å². The summed E-state index contributed by atoms with van der Waals surface area (Å²) in [4.78, 5) is 13.4. The molecule has 1 aromatic carbocycles. The van der Waals surface area contributed by atoms with Crippen molar-refractivity contribution in [3.8, 4) is 0 Å². The highest BCUT2D eigenvalue weighted by molar-refractivity contribution is 9.10. The summed E-state index contributed by atoms with van der Waals surface area (Å²) in [6.07, 6.45) is 0.972. The van der Waals surface area contributed by atoms with Gasteiger partial charge in [-0.05, 0) is 52.1 Å². The average molecular weight is 329 g/mol.